The molecule has 96 valence electrons. The zero-order valence-electron chi connectivity index (χ0n) is 10.5. The first-order chi connectivity index (χ1) is 7.79. The molecule has 1 aliphatic heterocycles. The molecule has 0 fully saturated rings. The van der Waals surface area contributed by atoms with Crippen LogP contribution in [0.5, 0.6) is 0 Å². The summed E-state index contributed by atoms with van der Waals surface area (Å²) in [7, 11) is 0. The van der Waals surface area contributed by atoms with Crippen LogP contribution in [0.1, 0.15) is 27.2 Å². The van der Waals surface area contributed by atoms with Crippen LogP contribution in [-0.2, 0) is 9.53 Å². The van der Waals surface area contributed by atoms with Gasteiger partial charge < -0.3 is 14.7 Å². The van der Waals surface area contributed by atoms with Gasteiger partial charge in [-0.1, -0.05) is 12.2 Å². The van der Waals surface area contributed by atoms with E-state index >= 15 is 0 Å². The van der Waals surface area contributed by atoms with Gasteiger partial charge in [-0.15, -0.1) is 0 Å². The summed E-state index contributed by atoms with van der Waals surface area (Å²) < 4.78 is 5.22. The van der Waals surface area contributed by atoms with E-state index in [1.54, 1.807) is 32.9 Å². The van der Waals surface area contributed by atoms with Crippen molar-refractivity contribution >= 4 is 12.1 Å². The summed E-state index contributed by atoms with van der Waals surface area (Å²) in [5.41, 5.74) is -0.564. The molecule has 0 bridgehead atoms. The SMILES string of the molecule is CC(C)(C)OC(=O)N1CC=CC[C@@H](C(=O)O)C1. The molecule has 0 aromatic rings. The monoisotopic (exact) mass is 241 g/mol. The Hall–Kier alpha value is -1.52. The maximum Gasteiger partial charge on any atom is 0.410 e. The largest absolute Gasteiger partial charge is 0.481 e. The van der Waals surface area contributed by atoms with Crippen LogP contribution >= 0.6 is 0 Å². The van der Waals surface area contributed by atoms with Crippen LogP contribution in [0, 0.1) is 5.92 Å². The van der Waals surface area contributed by atoms with Gasteiger partial charge in [-0.2, -0.15) is 0 Å². The van der Waals surface area contributed by atoms with E-state index in [0.29, 0.717) is 13.0 Å². The van der Waals surface area contributed by atoms with Gasteiger partial charge in [0.15, 0.2) is 0 Å². The van der Waals surface area contributed by atoms with Crippen LogP contribution in [0.15, 0.2) is 12.2 Å². The Labute approximate surface area is 101 Å². The van der Waals surface area contributed by atoms with Gasteiger partial charge in [-0.25, -0.2) is 4.79 Å². The molecule has 0 saturated carbocycles. The molecule has 0 aromatic heterocycles. The minimum Gasteiger partial charge on any atom is -0.481 e. The lowest BCUT2D eigenvalue weighted by Gasteiger charge is -2.27. The van der Waals surface area contributed by atoms with Gasteiger partial charge in [0, 0.05) is 13.1 Å². The molecular formula is C12H19NO4. The highest BCUT2D eigenvalue weighted by Gasteiger charge is 2.27. The van der Waals surface area contributed by atoms with E-state index in [1.165, 1.54) is 4.90 Å². The molecule has 0 unspecified atom stereocenters. The highest BCUT2D eigenvalue weighted by atomic mass is 16.6. The zero-order chi connectivity index (χ0) is 13.1. The number of carbonyl (C=O) groups is 2. The third-order valence-corrected chi connectivity index (χ3v) is 2.35. The molecule has 17 heavy (non-hydrogen) atoms. The summed E-state index contributed by atoms with van der Waals surface area (Å²) in [5.74, 6) is -1.44. The minimum atomic E-state index is -0.884. The number of carbonyl (C=O) groups excluding carboxylic acids is 1. The van der Waals surface area contributed by atoms with E-state index in [1.807, 2.05) is 0 Å². The van der Waals surface area contributed by atoms with E-state index in [2.05, 4.69) is 0 Å². The summed E-state index contributed by atoms with van der Waals surface area (Å²) in [6, 6.07) is 0. The van der Waals surface area contributed by atoms with Gasteiger partial charge in [0.2, 0.25) is 0 Å². The van der Waals surface area contributed by atoms with Crippen molar-refractivity contribution in [2.24, 2.45) is 5.92 Å². The highest BCUT2D eigenvalue weighted by Crippen LogP contribution is 2.15. The standard InChI is InChI=1S/C12H19NO4/c1-12(2,3)17-11(16)13-7-5-4-6-9(8-13)10(14)15/h4-5,9H,6-8H2,1-3H3,(H,14,15)/t9-/m1/s1. The molecule has 0 spiro atoms. The first-order valence-corrected chi connectivity index (χ1v) is 5.65. The summed E-state index contributed by atoms with van der Waals surface area (Å²) >= 11 is 0. The lowest BCUT2D eigenvalue weighted by molar-refractivity contribution is -0.142. The second-order valence-corrected chi connectivity index (χ2v) is 5.13. The number of amides is 1. The number of nitrogens with zero attached hydrogens (tertiary/aromatic N) is 1. The van der Waals surface area contributed by atoms with Gasteiger partial charge in [-0.3, -0.25) is 4.79 Å². The van der Waals surface area contributed by atoms with Crippen molar-refractivity contribution in [3.05, 3.63) is 12.2 Å². The molecular weight excluding hydrogens is 222 g/mol. The topological polar surface area (TPSA) is 66.8 Å². The van der Waals surface area contributed by atoms with E-state index in [-0.39, 0.29) is 6.54 Å². The minimum absolute atomic E-state index is 0.192. The fourth-order valence-corrected chi connectivity index (χ4v) is 1.53. The van der Waals surface area contributed by atoms with E-state index < -0.39 is 23.6 Å². The molecule has 0 aliphatic carbocycles. The molecule has 1 atom stereocenters. The van der Waals surface area contributed by atoms with Crippen molar-refractivity contribution in [1.82, 2.24) is 4.90 Å². The Kier molecular flexibility index (Phi) is 4.15. The van der Waals surface area contributed by atoms with Gasteiger partial charge in [0.25, 0.3) is 0 Å². The number of carboxylic acid groups (broad SMARTS) is 1. The molecule has 1 rings (SSSR count). The lowest BCUT2D eigenvalue weighted by Crippen LogP contribution is -2.40. The number of allylic oxidation sites excluding steroid dienone is 1. The molecule has 0 aromatic carbocycles. The molecule has 1 N–H and O–H groups in total. The number of rotatable bonds is 1. The third-order valence-electron chi connectivity index (χ3n) is 2.35. The number of hydrogen-bond donors (Lipinski definition) is 1. The van der Waals surface area contributed by atoms with E-state index in [0.717, 1.165) is 0 Å². The average Bonchev–Trinajstić information content (AvgIpc) is 2.39. The van der Waals surface area contributed by atoms with Gasteiger partial charge in [-0.05, 0) is 27.2 Å². The van der Waals surface area contributed by atoms with Crippen LogP contribution in [0.3, 0.4) is 0 Å². The Morgan fingerprint density at radius 1 is 1.35 bits per heavy atom. The fourth-order valence-electron chi connectivity index (χ4n) is 1.53. The Bertz CT molecular complexity index is 330. The molecule has 5 nitrogen and oxygen atoms in total. The summed E-state index contributed by atoms with van der Waals surface area (Å²) in [5, 5.41) is 8.98. The fraction of sp³-hybridized carbons (Fsp3) is 0.667. The number of hydrogen-bond acceptors (Lipinski definition) is 3. The smallest absolute Gasteiger partial charge is 0.410 e. The number of aliphatic carboxylic acids is 1. The molecule has 1 amide bonds. The summed E-state index contributed by atoms with van der Waals surface area (Å²) in [4.78, 5) is 24.2. The molecule has 0 radical (unpaired) electrons. The first kappa shape index (κ1) is 13.5. The first-order valence-electron chi connectivity index (χ1n) is 5.65. The zero-order valence-corrected chi connectivity index (χ0v) is 10.5. The second kappa shape index (κ2) is 5.21. The van der Waals surface area contributed by atoms with Crippen molar-refractivity contribution in [2.45, 2.75) is 32.8 Å². The lowest BCUT2D eigenvalue weighted by atomic mass is 10.1. The summed E-state index contributed by atoms with van der Waals surface area (Å²) in [6.07, 6.45) is 3.58. The molecule has 1 aliphatic rings. The average molecular weight is 241 g/mol. The maximum absolute atomic E-state index is 11.8. The number of carboxylic acids is 1. The third kappa shape index (κ3) is 4.46. The highest BCUT2D eigenvalue weighted by molar-refractivity contribution is 5.73. The van der Waals surface area contributed by atoms with Crippen molar-refractivity contribution in [3.63, 3.8) is 0 Å². The van der Waals surface area contributed by atoms with Gasteiger partial charge in [0.1, 0.15) is 5.60 Å². The van der Waals surface area contributed by atoms with E-state index in [4.69, 9.17) is 9.84 Å². The van der Waals surface area contributed by atoms with Crippen molar-refractivity contribution in [2.75, 3.05) is 13.1 Å². The summed E-state index contributed by atoms with van der Waals surface area (Å²) in [6.45, 7) is 5.95. The predicted molar refractivity (Wildman–Crippen MR) is 62.7 cm³/mol. The second-order valence-electron chi connectivity index (χ2n) is 5.13. The van der Waals surface area contributed by atoms with Gasteiger partial charge in [0.05, 0.1) is 5.92 Å². The van der Waals surface area contributed by atoms with E-state index in [9.17, 15) is 9.59 Å². The Balaban J connectivity index is 2.66. The van der Waals surface area contributed by atoms with Crippen molar-refractivity contribution < 1.29 is 19.4 Å². The van der Waals surface area contributed by atoms with Crippen LogP contribution in [0.25, 0.3) is 0 Å². The van der Waals surface area contributed by atoms with Crippen LogP contribution in [0.4, 0.5) is 4.79 Å². The van der Waals surface area contributed by atoms with Crippen LogP contribution < -0.4 is 0 Å². The van der Waals surface area contributed by atoms with Crippen LogP contribution in [-0.4, -0.2) is 40.8 Å². The Morgan fingerprint density at radius 2 is 2.00 bits per heavy atom. The molecule has 1 heterocycles. The molecule has 5 heteroatoms. The molecule has 0 saturated heterocycles. The Morgan fingerprint density at radius 3 is 2.53 bits per heavy atom. The number of ether oxygens (including phenoxy) is 1. The van der Waals surface area contributed by atoms with Crippen LogP contribution in [0.2, 0.25) is 0 Å². The van der Waals surface area contributed by atoms with Crippen molar-refractivity contribution in [1.29, 1.82) is 0 Å². The quantitative estimate of drug-likeness (QED) is 0.712. The predicted octanol–water partition coefficient (Wildman–Crippen LogP) is 1.88. The normalized spacial score (nSPS) is 20.9. The van der Waals surface area contributed by atoms with Crippen molar-refractivity contribution in [3.8, 4) is 0 Å². The van der Waals surface area contributed by atoms with Gasteiger partial charge >= 0.3 is 12.1 Å². The maximum atomic E-state index is 11.8.